The molecule has 2 aromatic heterocycles. The van der Waals surface area contributed by atoms with Gasteiger partial charge >= 0.3 is 5.97 Å². The summed E-state index contributed by atoms with van der Waals surface area (Å²) in [5.41, 5.74) is 1.30. The van der Waals surface area contributed by atoms with Crippen molar-refractivity contribution in [3.63, 3.8) is 0 Å². The van der Waals surface area contributed by atoms with Gasteiger partial charge in [-0.3, -0.25) is 9.36 Å². The largest absolute Gasteiger partial charge is 0.480 e. The fraction of sp³-hybridized carbons (Fsp3) is 0.278. The second kappa shape index (κ2) is 5.97. The Labute approximate surface area is 152 Å². The normalized spacial score (nSPS) is 14.6. The molecule has 1 N–H and O–H groups in total. The summed E-state index contributed by atoms with van der Waals surface area (Å²) in [5, 5.41) is 10.5. The van der Waals surface area contributed by atoms with Gasteiger partial charge < -0.3 is 5.11 Å². The fourth-order valence-electron chi connectivity index (χ4n) is 3.36. The van der Waals surface area contributed by atoms with Crippen molar-refractivity contribution in [2.45, 2.75) is 32.2 Å². The van der Waals surface area contributed by atoms with Crippen LogP contribution in [0.4, 0.5) is 0 Å². The highest BCUT2D eigenvalue weighted by atomic mass is 35.5. The molecule has 5 nitrogen and oxygen atoms in total. The molecule has 0 spiro atoms. The van der Waals surface area contributed by atoms with Crippen molar-refractivity contribution >= 4 is 39.1 Å². The number of benzene rings is 1. The summed E-state index contributed by atoms with van der Waals surface area (Å²) in [4.78, 5) is 31.4. The molecule has 1 atom stereocenters. The number of nitrogens with zero attached hydrogens (tertiary/aromatic N) is 2. The Morgan fingerprint density at radius 1 is 1.36 bits per heavy atom. The molecule has 0 saturated carbocycles. The Bertz CT molecular complexity index is 1070. The highest BCUT2D eigenvalue weighted by Gasteiger charge is 2.27. The van der Waals surface area contributed by atoms with Crippen LogP contribution in [0.2, 0.25) is 5.02 Å². The van der Waals surface area contributed by atoms with Crippen LogP contribution < -0.4 is 5.56 Å². The maximum Gasteiger partial charge on any atom is 0.326 e. The number of aryl methyl sites for hydroxylation is 2. The van der Waals surface area contributed by atoms with Crippen molar-refractivity contribution in [3.05, 3.63) is 50.1 Å². The number of aliphatic carboxylic acids is 1. The molecule has 0 bridgehead atoms. The molecule has 2 heterocycles. The second-order valence-electron chi connectivity index (χ2n) is 6.14. The van der Waals surface area contributed by atoms with Crippen molar-refractivity contribution in [2.24, 2.45) is 0 Å². The predicted molar refractivity (Wildman–Crippen MR) is 98.7 cm³/mol. The maximum atomic E-state index is 13.2. The first-order chi connectivity index (χ1) is 12.0. The predicted octanol–water partition coefficient (Wildman–Crippen LogP) is 3.91. The molecule has 0 radical (unpaired) electrons. The number of carboxylic acid groups (broad SMARTS) is 1. The van der Waals surface area contributed by atoms with Gasteiger partial charge in [0.2, 0.25) is 0 Å². The standard InChI is InChI=1S/C18H15ClN2O3S/c1-9(18(23)24)21-15(10-5-2-3-7-12(10)19)20-16-14(17(21)22)11-6-4-8-13(11)25-16/h2-3,5,7,9H,4,6,8H2,1H3,(H,23,24). The number of carbonyl (C=O) groups is 1. The molecule has 4 rings (SSSR count). The van der Waals surface area contributed by atoms with E-state index in [0.29, 0.717) is 26.6 Å². The molecule has 0 aliphatic heterocycles. The average molecular weight is 375 g/mol. The molecule has 1 aliphatic carbocycles. The number of fused-ring (bicyclic) bond motifs is 3. The van der Waals surface area contributed by atoms with E-state index >= 15 is 0 Å². The summed E-state index contributed by atoms with van der Waals surface area (Å²) in [7, 11) is 0. The van der Waals surface area contributed by atoms with Crippen LogP contribution in [0.5, 0.6) is 0 Å². The van der Waals surface area contributed by atoms with Gasteiger partial charge in [0.15, 0.2) is 0 Å². The van der Waals surface area contributed by atoms with Crippen LogP contribution in [0.25, 0.3) is 21.6 Å². The molecule has 3 aromatic rings. The average Bonchev–Trinajstić information content (AvgIpc) is 3.15. The van der Waals surface area contributed by atoms with Gasteiger partial charge in [0.1, 0.15) is 16.7 Å². The summed E-state index contributed by atoms with van der Waals surface area (Å²) in [5.74, 6) is -0.777. The molecular weight excluding hydrogens is 360 g/mol. The second-order valence-corrected chi connectivity index (χ2v) is 7.63. The molecule has 0 saturated heterocycles. The number of rotatable bonds is 3. The Morgan fingerprint density at radius 2 is 2.12 bits per heavy atom. The van der Waals surface area contributed by atoms with Gasteiger partial charge in [-0.05, 0) is 43.9 Å². The van der Waals surface area contributed by atoms with E-state index in [4.69, 9.17) is 11.6 Å². The minimum Gasteiger partial charge on any atom is -0.480 e. The smallest absolute Gasteiger partial charge is 0.326 e. The third-order valence-corrected chi connectivity index (χ3v) is 6.15. The summed E-state index contributed by atoms with van der Waals surface area (Å²) in [6.07, 6.45) is 2.82. The molecule has 1 aromatic carbocycles. The Hall–Kier alpha value is -2.18. The monoisotopic (exact) mass is 374 g/mol. The van der Waals surface area contributed by atoms with Gasteiger partial charge in [-0.2, -0.15) is 0 Å². The lowest BCUT2D eigenvalue weighted by Gasteiger charge is -2.17. The summed E-state index contributed by atoms with van der Waals surface area (Å²) in [6, 6.07) is 6.00. The summed E-state index contributed by atoms with van der Waals surface area (Å²) < 4.78 is 1.26. The number of hydrogen-bond acceptors (Lipinski definition) is 4. The molecule has 128 valence electrons. The van der Waals surface area contributed by atoms with Gasteiger partial charge in [-0.15, -0.1) is 11.3 Å². The SMILES string of the molecule is CC(C(=O)O)n1c(-c2ccccc2Cl)nc2sc3c(c2c1=O)CCC3. The van der Waals surface area contributed by atoms with E-state index in [9.17, 15) is 14.7 Å². The van der Waals surface area contributed by atoms with Crippen molar-refractivity contribution < 1.29 is 9.90 Å². The lowest BCUT2D eigenvalue weighted by atomic mass is 10.1. The van der Waals surface area contributed by atoms with Gasteiger partial charge in [-0.25, -0.2) is 9.78 Å². The first kappa shape index (κ1) is 16.3. The van der Waals surface area contributed by atoms with Gasteiger partial charge in [0.25, 0.3) is 5.56 Å². The zero-order chi connectivity index (χ0) is 17.7. The molecule has 0 amide bonds. The number of thiophene rings is 1. The van der Waals surface area contributed by atoms with E-state index in [2.05, 4.69) is 4.98 Å². The number of halogens is 1. The Balaban J connectivity index is 2.11. The van der Waals surface area contributed by atoms with E-state index < -0.39 is 12.0 Å². The molecule has 25 heavy (non-hydrogen) atoms. The van der Waals surface area contributed by atoms with Crippen LogP contribution in [-0.2, 0) is 17.6 Å². The minimum atomic E-state index is -1.08. The Morgan fingerprint density at radius 3 is 2.84 bits per heavy atom. The number of carboxylic acids is 1. The summed E-state index contributed by atoms with van der Waals surface area (Å²) in [6.45, 7) is 1.49. The molecule has 7 heteroatoms. The lowest BCUT2D eigenvalue weighted by molar-refractivity contribution is -0.140. The van der Waals surface area contributed by atoms with E-state index in [1.165, 1.54) is 27.7 Å². The molecule has 0 fully saturated rings. The highest BCUT2D eigenvalue weighted by molar-refractivity contribution is 7.18. The lowest BCUT2D eigenvalue weighted by Crippen LogP contribution is -2.30. The third-order valence-electron chi connectivity index (χ3n) is 4.63. The van der Waals surface area contributed by atoms with Crippen molar-refractivity contribution in [3.8, 4) is 11.4 Å². The van der Waals surface area contributed by atoms with Crippen LogP contribution in [0, 0.1) is 0 Å². The molecule has 1 aliphatic rings. The minimum absolute atomic E-state index is 0.297. The van der Waals surface area contributed by atoms with Crippen LogP contribution >= 0.6 is 22.9 Å². The third kappa shape index (κ3) is 2.48. The molecular formula is C18H15ClN2O3S. The van der Waals surface area contributed by atoms with Crippen LogP contribution in [0.15, 0.2) is 29.1 Å². The van der Waals surface area contributed by atoms with Crippen LogP contribution in [0.1, 0.15) is 29.8 Å². The zero-order valence-electron chi connectivity index (χ0n) is 13.5. The topological polar surface area (TPSA) is 72.2 Å². The van der Waals surface area contributed by atoms with Gasteiger partial charge in [-0.1, -0.05) is 23.7 Å². The first-order valence-corrected chi connectivity index (χ1v) is 9.23. The number of hydrogen-bond donors (Lipinski definition) is 1. The van der Waals surface area contributed by atoms with E-state index in [0.717, 1.165) is 24.8 Å². The first-order valence-electron chi connectivity index (χ1n) is 8.03. The highest BCUT2D eigenvalue weighted by Crippen LogP contribution is 2.37. The Kier molecular flexibility index (Phi) is 3.89. The van der Waals surface area contributed by atoms with Crippen LogP contribution in [-0.4, -0.2) is 20.6 Å². The van der Waals surface area contributed by atoms with Gasteiger partial charge in [0.05, 0.1) is 10.4 Å². The summed E-state index contributed by atoms with van der Waals surface area (Å²) >= 11 is 7.82. The molecule has 1 unspecified atom stereocenters. The van der Waals surface area contributed by atoms with Crippen molar-refractivity contribution in [1.29, 1.82) is 0 Å². The van der Waals surface area contributed by atoms with E-state index in [1.807, 2.05) is 0 Å². The van der Waals surface area contributed by atoms with Crippen LogP contribution in [0.3, 0.4) is 0 Å². The quantitative estimate of drug-likeness (QED) is 0.754. The zero-order valence-corrected chi connectivity index (χ0v) is 15.0. The fourth-order valence-corrected chi connectivity index (χ4v) is 4.83. The van der Waals surface area contributed by atoms with Crippen molar-refractivity contribution in [2.75, 3.05) is 0 Å². The maximum absolute atomic E-state index is 13.2. The van der Waals surface area contributed by atoms with Crippen molar-refractivity contribution in [1.82, 2.24) is 9.55 Å². The van der Waals surface area contributed by atoms with Gasteiger partial charge in [0, 0.05) is 10.4 Å². The van der Waals surface area contributed by atoms with E-state index in [-0.39, 0.29) is 5.56 Å². The number of aromatic nitrogens is 2. The van der Waals surface area contributed by atoms with E-state index in [1.54, 1.807) is 24.3 Å².